The van der Waals surface area contributed by atoms with Crippen molar-refractivity contribution in [1.29, 1.82) is 0 Å². The third-order valence-electron chi connectivity index (χ3n) is 4.95. The first kappa shape index (κ1) is 20.1. The molecule has 1 N–H and O–H groups in total. The number of alkyl halides is 3. The van der Waals surface area contributed by atoms with Gasteiger partial charge < -0.3 is 5.32 Å². The molecule has 152 valence electrons. The number of nitrogens with one attached hydrogen (secondary N) is 1. The summed E-state index contributed by atoms with van der Waals surface area (Å²) in [6.07, 6.45) is -3.77. The van der Waals surface area contributed by atoms with Crippen LogP contribution < -0.4 is 11.0 Å². The number of hydrogen-bond donors (Lipinski definition) is 1. The van der Waals surface area contributed by atoms with Crippen LogP contribution >= 0.6 is 0 Å². The van der Waals surface area contributed by atoms with E-state index >= 15 is 0 Å². The molecule has 1 aromatic heterocycles. The van der Waals surface area contributed by atoms with Gasteiger partial charge in [0.05, 0.1) is 12.6 Å². The molecule has 7 nitrogen and oxygen atoms in total. The summed E-state index contributed by atoms with van der Waals surface area (Å²) in [5, 5.41) is 6.36. The molecule has 0 aliphatic carbocycles. The van der Waals surface area contributed by atoms with Crippen molar-refractivity contribution in [3.05, 3.63) is 46.1 Å². The van der Waals surface area contributed by atoms with Crippen molar-refractivity contribution >= 4 is 11.6 Å². The minimum atomic E-state index is -4.67. The molecule has 1 aromatic carbocycles. The smallest absolute Gasteiger partial charge is 0.325 e. The fourth-order valence-electron chi connectivity index (χ4n) is 3.37. The van der Waals surface area contributed by atoms with Gasteiger partial charge in [0.25, 0.3) is 0 Å². The van der Waals surface area contributed by atoms with Crippen LogP contribution in [-0.4, -0.2) is 44.8 Å². The number of halogens is 3. The van der Waals surface area contributed by atoms with Crippen LogP contribution in [-0.2, 0) is 18.0 Å². The molecule has 0 unspecified atom stereocenters. The van der Waals surface area contributed by atoms with Gasteiger partial charge in [-0.3, -0.25) is 14.3 Å². The van der Waals surface area contributed by atoms with Gasteiger partial charge in [0.1, 0.15) is 0 Å². The van der Waals surface area contributed by atoms with Crippen LogP contribution in [0.15, 0.2) is 29.1 Å². The summed E-state index contributed by atoms with van der Waals surface area (Å²) in [6.45, 7) is 3.08. The first-order valence-corrected chi connectivity index (χ1v) is 8.97. The fourth-order valence-corrected chi connectivity index (χ4v) is 3.37. The SMILES string of the molecule is Cc1ccccc1NC(=O)CN1CCC(n2nc(C(F)(F)F)n(C)c2=O)CC1. The summed E-state index contributed by atoms with van der Waals surface area (Å²) in [5.41, 5.74) is 0.940. The summed E-state index contributed by atoms with van der Waals surface area (Å²) < 4.78 is 40.3. The largest absolute Gasteiger partial charge is 0.451 e. The lowest BCUT2D eigenvalue weighted by molar-refractivity contribution is -0.147. The number of aromatic nitrogens is 3. The molecule has 1 fully saturated rings. The standard InChI is InChI=1S/C18H22F3N5O2/c1-12-5-3-4-6-14(12)22-15(27)11-25-9-7-13(8-10-25)26-17(28)24(2)16(23-26)18(19,20)21/h3-6,13H,7-11H2,1-2H3,(H,22,27). The third kappa shape index (κ3) is 4.27. The number of hydrogen-bond acceptors (Lipinski definition) is 4. The Morgan fingerprint density at radius 2 is 1.89 bits per heavy atom. The number of nitrogens with zero attached hydrogens (tertiary/aromatic N) is 4. The van der Waals surface area contributed by atoms with Crippen molar-refractivity contribution < 1.29 is 18.0 Å². The minimum absolute atomic E-state index is 0.151. The van der Waals surface area contributed by atoms with Crippen LogP contribution in [0.4, 0.5) is 18.9 Å². The van der Waals surface area contributed by atoms with Gasteiger partial charge in [-0.1, -0.05) is 18.2 Å². The first-order chi connectivity index (χ1) is 13.2. The number of likely N-dealkylation sites (tertiary alicyclic amines) is 1. The Balaban J connectivity index is 1.59. The number of carbonyl (C=O) groups excluding carboxylic acids is 1. The lowest BCUT2D eigenvalue weighted by atomic mass is 10.1. The number of piperidine rings is 1. The third-order valence-corrected chi connectivity index (χ3v) is 4.95. The number of aryl methyl sites for hydroxylation is 1. The zero-order chi connectivity index (χ0) is 20.5. The Kier molecular flexibility index (Phi) is 5.59. The quantitative estimate of drug-likeness (QED) is 0.859. The molecule has 1 aliphatic rings. The van der Waals surface area contributed by atoms with Crippen LogP contribution in [0.25, 0.3) is 0 Å². The van der Waals surface area contributed by atoms with Crippen molar-refractivity contribution in [2.45, 2.75) is 32.0 Å². The van der Waals surface area contributed by atoms with Crippen LogP contribution in [0.3, 0.4) is 0 Å². The first-order valence-electron chi connectivity index (χ1n) is 8.97. The summed E-state index contributed by atoms with van der Waals surface area (Å²) in [7, 11) is 1.07. The van der Waals surface area contributed by atoms with Gasteiger partial charge >= 0.3 is 11.9 Å². The van der Waals surface area contributed by atoms with Gasteiger partial charge in [-0.25, -0.2) is 9.48 Å². The zero-order valence-corrected chi connectivity index (χ0v) is 15.7. The zero-order valence-electron chi connectivity index (χ0n) is 15.7. The molecule has 0 radical (unpaired) electrons. The molecule has 10 heteroatoms. The average molecular weight is 397 g/mol. The number of carbonyl (C=O) groups is 1. The maximum atomic E-state index is 12.9. The van der Waals surface area contributed by atoms with Crippen molar-refractivity contribution in [1.82, 2.24) is 19.2 Å². The molecule has 0 spiro atoms. The second-order valence-electron chi connectivity index (χ2n) is 6.98. The molecule has 0 bridgehead atoms. The topological polar surface area (TPSA) is 72.2 Å². The van der Waals surface area contributed by atoms with Gasteiger partial charge in [-0.05, 0) is 31.4 Å². The van der Waals surface area contributed by atoms with Gasteiger partial charge in [0.15, 0.2) is 0 Å². The van der Waals surface area contributed by atoms with Crippen molar-refractivity contribution in [3.63, 3.8) is 0 Å². The predicted molar refractivity (Wildman–Crippen MR) is 97.0 cm³/mol. The Morgan fingerprint density at radius 3 is 2.46 bits per heavy atom. The maximum Gasteiger partial charge on any atom is 0.451 e. The fraction of sp³-hybridized carbons (Fsp3) is 0.500. The lowest BCUT2D eigenvalue weighted by Crippen LogP contribution is -2.41. The van der Waals surface area contributed by atoms with E-state index in [1.54, 1.807) is 0 Å². The maximum absolute atomic E-state index is 12.9. The van der Waals surface area contributed by atoms with Crippen molar-refractivity contribution in [2.75, 3.05) is 25.0 Å². The summed E-state index contributed by atoms with van der Waals surface area (Å²) in [4.78, 5) is 26.3. The van der Waals surface area contributed by atoms with Crippen LogP contribution in [0.5, 0.6) is 0 Å². The molecule has 1 amide bonds. The van der Waals surface area contributed by atoms with E-state index in [2.05, 4.69) is 10.4 Å². The second-order valence-corrected chi connectivity index (χ2v) is 6.98. The highest BCUT2D eigenvalue weighted by Gasteiger charge is 2.39. The summed E-state index contributed by atoms with van der Waals surface area (Å²) >= 11 is 0. The number of rotatable bonds is 4. The van der Waals surface area contributed by atoms with Crippen molar-refractivity contribution in [3.8, 4) is 0 Å². The molecule has 0 atom stereocenters. The molecular weight excluding hydrogens is 375 g/mol. The number of anilines is 1. The Bertz CT molecular complexity index is 911. The van der Waals surface area contributed by atoms with Crippen LogP contribution in [0.1, 0.15) is 30.3 Å². The number of amides is 1. The molecule has 2 heterocycles. The lowest BCUT2D eigenvalue weighted by Gasteiger charge is -2.31. The summed E-state index contributed by atoms with van der Waals surface area (Å²) in [6, 6.07) is 7.05. The van der Waals surface area contributed by atoms with E-state index in [9.17, 15) is 22.8 Å². The average Bonchev–Trinajstić information content (AvgIpc) is 2.93. The highest BCUT2D eigenvalue weighted by molar-refractivity contribution is 5.92. The van der Waals surface area contributed by atoms with Gasteiger partial charge in [0, 0.05) is 25.8 Å². The number of benzene rings is 1. The Morgan fingerprint density at radius 1 is 1.25 bits per heavy atom. The normalized spacial score (nSPS) is 16.3. The van der Waals surface area contributed by atoms with E-state index in [1.165, 1.54) is 0 Å². The van der Waals surface area contributed by atoms with E-state index in [-0.39, 0.29) is 12.5 Å². The van der Waals surface area contributed by atoms with E-state index in [0.29, 0.717) is 30.5 Å². The van der Waals surface area contributed by atoms with Crippen LogP contribution in [0, 0.1) is 6.92 Å². The second kappa shape index (κ2) is 7.78. The molecule has 0 saturated carbocycles. The highest BCUT2D eigenvalue weighted by Crippen LogP contribution is 2.28. The van der Waals surface area contributed by atoms with Gasteiger partial charge in [-0.15, -0.1) is 5.10 Å². The van der Waals surface area contributed by atoms with Crippen molar-refractivity contribution in [2.24, 2.45) is 7.05 Å². The van der Waals surface area contributed by atoms with Gasteiger partial charge in [0.2, 0.25) is 11.7 Å². The molecular formula is C18H22F3N5O2. The monoisotopic (exact) mass is 397 g/mol. The molecule has 2 aromatic rings. The van der Waals surface area contributed by atoms with E-state index in [0.717, 1.165) is 23.0 Å². The Hall–Kier alpha value is -2.62. The molecule has 28 heavy (non-hydrogen) atoms. The predicted octanol–water partition coefficient (Wildman–Crippen LogP) is 2.18. The van der Waals surface area contributed by atoms with E-state index in [1.807, 2.05) is 36.1 Å². The Labute approximate surface area is 159 Å². The van der Waals surface area contributed by atoms with E-state index in [4.69, 9.17) is 0 Å². The van der Waals surface area contributed by atoms with Crippen LogP contribution in [0.2, 0.25) is 0 Å². The molecule has 3 rings (SSSR count). The highest BCUT2D eigenvalue weighted by atomic mass is 19.4. The molecule has 1 aliphatic heterocycles. The van der Waals surface area contributed by atoms with E-state index < -0.39 is 23.7 Å². The van der Waals surface area contributed by atoms with Gasteiger partial charge in [-0.2, -0.15) is 13.2 Å². The summed E-state index contributed by atoms with van der Waals surface area (Å²) in [5.74, 6) is -1.35. The minimum Gasteiger partial charge on any atom is -0.325 e. The molecule has 1 saturated heterocycles. The number of para-hydroxylation sites is 1.